The Hall–Kier alpha value is -2.24. The van der Waals surface area contributed by atoms with Crippen molar-refractivity contribution in [2.24, 2.45) is 0 Å². The molecule has 0 fully saturated rings. The lowest BCUT2D eigenvalue weighted by atomic mass is 10.2. The van der Waals surface area contributed by atoms with Gasteiger partial charge in [-0.05, 0) is 12.1 Å². The molecule has 6 heteroatoms. The SMILES string of the molecule is O=C(O)c1cnc(-c2c(F)cccc2F)o1. The Morgan fingerprint density at radius 1 is 1.31 bits per heavy atom. The molecule has 16 heavy (non-hydrogen) atoms. The van der Waals surface area contributed by atoms with Crippen molar-refractivity contribution in [1.82, 2.24) is 4.98 Å². The number of oxazole rings is 1. The molecule has 1 aromatic heterocycles. The summed E-state index contributed by atoms with van der Waals surface area (Å²) in [6, 6.07) is 3.25. The van der Waals surface area contributed by atoms with Crippen LogP contribution in [-0.4, -0.2) is 16.1 Å². The first-order chi connectivity index (χ1) is 7.59. The van der Waals surface area contributed by atoms with Gasteiger partial charge >= 0.3 is 5.97 Å². The Morgan fingerprint density at radius 2 is 1.94 bits per heavy atom. The molecule has 1 aromatic carbocycles. The Labute approximate surface area is 88.2 Å². The molecule has 0 saturated heterocycles. The van der Waals surface area contributed by atoms with Gasteiger partial charge in [-0.15, -0.1) is 0 Å². The Morgan fingerprint density at radius 3 is 2.44 bits per heavy atom. The van der Waals surface area contributed by atoms with Crippen LogP contribution in [0.1, 0.15) is 10.6 Å². The van der Waals surface area contributed by atoms with E-state index in [1.807, 2.05) is 0 Å². The van der Waals surface area contributed by atoms with E-state index >= 15 is 0 Å². The van der Waals surface area contributed by atoms with Gasteiger partial charge in [-0.2, -0.15) is 0 Å². The fraction of sp³-hybridized carbons (Fsp3) is 0. The summed E-state index contributed by atoms with van der Waals surface area (Å²) in [6.45, 7) is 0. The second kappa shape index (κ2) is 3.73. The maximum atomic E-state index is 13.3. The molecule has 82 valence electrons. The minimum atomic E-state index is -1.35. The van der Waals surface area contributed by atoms with Crippen LogP contribution in [0.15, 0.2) is 28.8 Å². The summed E-state index contributed by atoms with van der Waals surface area (Å²) in [4.78, 5) is 14.0. The molecule has 0 radical (unpaired) electrons. The molecule has 1 heterocycles. The predicted molar refractivity (Wildman–Crippen MR) is 48.8 cm³/mol. The van der Waals surface area contributed by atoms with Crippen molar-refractivity contribution < 1.29 is 23.1 Å². The first-order valence-corrected chi connectivity index (χ1v) is 4.23. The van der Waals surface area contributed by atoms with Gasteiger partial charge < -0.3 is 9.52 Å². The lowest BCUT2D eigenvalue weighted by Gasteiger charge is -1.98. The third-order valence-corrected chi connectivity index (χ3v) is 1.89. The number of aromatic carboxylic acids is 1. The van der Waals surface area contributed by atoms with E-state index in [-0.39, 0.29) is 0 Å². The van der Waals surface area contributed by atoms with Crippen molar-refractivity contribution in [3.8, 4) is 11.5 Å². The largest absolute Gasteiger partial charge is 0.475 e. The molecule has 2 rings (SSSR count). The van der Waals surface area contributed by atoms with Crippen molar-refractivity contribution >= 4 is 5.97 Å². The fourth-order valence-corrected chi connectivity index (χ4v) is 1.19. The van der Waals surface area contributed by atoms with Crippen molar-refractivity contribution in [3.63, 3.8) is 0 Å². The molecule has 4 nitrogen and oxygen atoms in total. The van der Waals surface area contributed by atoms with E-state index in [9.17, 15) is 13.6 Å². The van der Waals surface area contributed by atoms with E-state index in [0.717, 1.165) is 18.3 Å². The Kier molecular flexibility index (Phi) is 2.40. The van der Waals surface area contributed by atoms with Crippen LogP contribution < -0.4 is 0 Å². The van der Waals surface area contributed by atoms with Crippen molar-refractivity contribution in [2.45, 2.75) is 0 Å². The van der Waals surface area contributed by atoms with Crippen molar-refractivity contribution in [1.29, 1.82) is 0 Å². The van der Waals surface area contributed by atoms with Crippen LogP contribution in [-0.2, 0) is 0 Å². The van der Waals surface area contributed by atoms with Gasteiger partial charge in [0.05, 0.1) is 6.20 Å². The second-order valence-corrected chi connectivity index (χ2v) is 2.93. The van der Waals surface area contributed by atoms with Crippen LogP contribution in [0.3, 0.4) is 0 Å². The van der Waals surface area contributed by atoms with Crippen LogP contribution in [0.5, 0.6) is 0 Å². The molecular weight excluding hydrogens is 220 g/mol. The van der Waals surface area contributed by atoms with Gasteiger partial charge in [-0.3, -0.25) is 0 Å². The third kappa shape index (κ3) is 1.65. The molecule has 0 amide bonds. The number of carbonyl (C=O) groups is 1. The average molecular weight is 225 g/mol. The second-order valence-electron chi connectivity index (χ2n) is 2.93. The van der Waals surface area contributed by atoms with Crippen LogP contribution in [0.4, 0.5) is 8.78 Å². The first kappa shape index (κ1) is 10.3. The quantitative estimate of drug-likeness (QED) is 0.851. The highest BCUT2D eigenvalue weighted by atomic mass is 19.1. The number of nitrogens with zero attached hydrogens (tertiary/aromatic N) is 1. The zero-order valence-corrected chi connectivity index (χ0v) is 7.78. The van der Waals surface area contributed by atoms with E-state index in [1.54, 1.807) is 0 Å². The average Bonchev–Trinajstić information content (AvgIpc) is 2.66. The van der Waals surface area contributed by atoms with Crippen molar-refractivity contribution in [3.05, 3.63) is 41.8 Å². The van der Waals surface area contributed by atoms with Gasteiger partial charge in [-0.1, -0.05) is 6.07 Å². The maximum absolute atomic E-state index is 13.3. The molecule has 0 spiro atoms. The van der Waals surface area contributed by atoms with E-state index in [0.29, 0.717) is 0 Å². The normalized spacial score (nSPS) is 10.4. The molecule has 0 aliphatic rings. The Bertz CT molecular complexity index is 530. The molecule has 0 bridgehead atoms. The van der Waals surface area contributed by atoms with E-state index in [4.69, 9.17) is 9.52 Å². The monoisotopic (exact) mass is 225 g/mol. The highest BCUT2D eigenvalue weighted by molar-refractivity contribution is 5.84. The van der Waals surface area contributed by atoms with Gasteiger partial charge in [0, 0.05) is 0 Å². The number of aromatic nitrogens is 1. The van der Waals surface area contributed by atoms with Crippen LogP contribution in [0, 0.1) is 11.6 Å². The van der Waals surface area contributed by atoms with Gasteiger partial charge in [0.15, 0.2) is 0 Å². The van der Waals surface area contributed by atoms with E-state index in [2.05, 4.69) is 4.98 Å². The standard InChI is InChI=1S/C10H5F2NO3/c11-5-2-1-3-6(12)8(5)9-13-4-7(16-9)10(14)15/h1-4H,(H,14,15). The number of rotatable bonds is 2. The van der Waals surface area contributed by atoms with Gasteiger partial charge in [0.25, 0.3) is 0 Å². The number of carboxylic acids is 1. The van der Waals surface area contributed by atoms with Gasteiger partial charge in [-0.25, -0.2) is 18.6 Å². The fourth-order valence-electron chi connectivity index (χ4n) is 1.19. The molecule has 1 N–H and O–H groups in total. The summed E-state index contributed by atoms with van der Waals surface area (Å²) in [5.41, 5.74) is -0.477. The number of hydrogen-bond acceptors (Lipinski definition) is 3. The topological polar surface area (TPSA) is 63.3 Å². The van der Waals surface area contributed by atoms with Crippen LogP contribution in [0.2, 0.25) is 0 Å². The lowest BCUT2D eigenvalue weighted by Crippen LogP contribution is -1.92. The number of benzene rings is 1. The van der Waals surface area contributed by atoms with Crippen LogP contribution >= 0.6 is 0 Å². The summed E-state index contributed by atoms with van der Waals surface area (Å²) in [5, 5.41) is 8.56. The van der Waals surface area contributed by atoms with Gasteiger partial charge in [0.1, 0.15) is 17.2 Å². The maximum Gasteiger partial charge on any atom is 0.373 e. The number of carboxylic acid groups (broad SMARTS) is 1. The summed E-state index contributed by atoms with van der Waals surface area (Å²) in [7, 11) is 0. The van der Waals surface area contributed by atoms with Crippen LogP contribution in [0.25, 0.3) is 11.5 Å². The Balaban J connectivity index is 2.54. The van der Waals surface area contributed by atoms with Crippen molar-refractivity contribution in [2.75, 3.05) is 0 Å². The summed E-state index contributed by atoms with van der Waals surface area (Å²) in [5.74, 6) is -3.95. The summed E-state index contributed by atoms with van der Waals surface area (Å²) >= 11 is 0. The molecule has 0 aliphatic carbocycles. The summed E-state index contributed by atoms with van der Waals surface area (Å²) < 4.78 is 31.2. The molecule has 2 aromatic rings. The molecular formula is C10H5F2NO3. The molecule has 0 saturated carbocycles. The number of halogens is 2. The summed E-state index contributed by atoms with van der Waals surface area (Å²) in [6.07, 6.45) is 0.892. The minimum absolute atomic E-state index is 0.395. The predicted octanol–water partition coefficient (Wildman–Crippen LogP) is 2.32. The lowest BCUT2D eigenvalue weighted by molar-refractivity contribution is 0.0663. The minimum Gasteiger partial charge on any atom is -0.475 e. The molecule has 0 atom stereocenters. The third-order valence-electron chi connectivity index (χ3n) is 1.89. The van der Waals surface area contributed by atoms with E-state index in [1.165, 1.54) is 6.07 Å². The molecule has 0 unspecified atom stereocenters. The zero-order valence-electron chi connectivity index (χ0n) is 7.78. The highest BCUT2D eigenvalue weighted by Crippen LogP contribution is 2.25. The van der Waals surface area contributed by atoms with E-state index < -0.39 is 34.8 Å². The smallest absolute Gasteiger partial charge is 0.373 e. The molecule has 0 aliphatic heterocycles. The van der Waals surface area contributed by atoms with Gasteiger partial charge in [0.2, 0.25) is 11.7 Å². The highest BCUT2D eigenvalue weighted by Gasteiger charge is 2.18. The zero-order chi connectivity index (χ0) is 11.7. The first-order valence-electron chi connectivity index (χ1n) is 4.23. The number of hydrogen-bond donors (Lipinski definition) is 1.